The van der Waals surface area contributed by atoms with Gasteiger partial charge in [-0.3, -0.25) is 4.90 Å². The van der Waals surface area contributed by atoms with Gasteiger partial charge in [-0.15, -0.1) is 0 Å². The van der Waals surface area contributed by atoms with Gasteiger partial charge in [0.05, 0.1) is 18.2 Å². The van der Waals surface area contributed by atoms with Gasteiger partial charge in [0.25, 0.3) is 5.89 Å². The minimum absolute atomic E-state index is 0.261. The van der Waals surface area contributed by atoms with Crippen LogP contribution in [0, 0.1) is 5.82 Å². The predicted molar refractivity (Wildman–Crippen MR) is 127 cm³/mol. The van der Waals surface area contributed by atoms with E-state index in [9.17, 15) is 9.18 Å². The van der Waals surface area contributed by atoms with Crippen molar-refractivity contribution in [2.24, 2.45) is 0 Å². The molecule has 170 valence electrons. The van der Waals surface area contributed by atoms with Crippen molar-refractivity contribution in [2.75, 3.05) is 0 Å². The van der Waals surface area contributed by atoms with E-state index in [4.69, 9.17) is 16.1 Å². The van der Waals surface area contributed by atoms with E-state index >= 15 is 0 Å². The second-order valence-corrected chi connectivity index (χ2v) is 8.31. The van der Waals surface area contributed by atoms with Crippen molar-refractivity contribution in [1.82, 2.24) is 20.4 Å². The Morgan fingerprint density at radius 2 is 1.74 bits per heavy atom. The van der Waals surface area contributed by atoms with E-state index in [0.29, 0.717) is 27.7 Å². The summed E-state index contributed by atoms with van der Waals surface area (Å²) in [6, 6.07) is 21.9. The Bertz CT molecular complexity index is 1370. The summed E-state index contributed by atoms with van der Waals surface area (Å²) < 4.78 is 19.3. The average Bonchev–Trinajstić information content (AvgIpc) is 3.33. The summed E-state index contributed by atoms with van der Waals surface area (Å²) in [6.07, 6.45) is 0. The minimum atomic E-state index is -0.598. The first-order valence-corrected chi connectivity index (χ1v) is 11.1. The van der Waals surface area contributed by atoms with E-state index in [1.165, 1.54) is 12.1 Å². The lowest BCUT2D eigenvalue weighted by molar-refractivity contribution is 0.203. The van der Waals surface area contributed by atoms with E-state index in [1.54, 1.807) is 23.1 Å². The maximum absolute atomic E-state index is 13.6. The lowest BCUT2D eigenvalue weighted by atomic mass is 9.94. The van der Waals surface area contributed by atoms with Crippen LogP contribution in [0.5, 0.6) is 0 Å². The quantitative estimate of drug-likeness (QED) is 0.372. The number of allylic oxidation sites excluding steroid dienone is 1. The van der Waals surface area contributed by atoms with Crippen LogP contribution in [0.15, 0.2) is 89.1 Å². The van der Waals surface area contributed by atoms with Crippen molar-refractivity contribution in [3.8, 4) is 11.4 Å². The van der Waals surface area contributed by atoms with Gasteiger partial charge in [0.1, 0.15) is 5.82 Å². The second-order valence-electron chi connectivity index (χ2n) is 7.90. The molecule has 1 aliphatic heterocycles. The Morgan fingerprint density at radius 3 is 2.47 bits per heavy atom. The molecule has 6 nitrogen and oxygen atoms in total. The number of hydrogen-bond donors (Lipinski definition) is 1. The number of carbonyl (C=O) groups is 1. The highest BCUT2D eigenvalue weighted by Crippen LogP contribution is 2.38. The van der Waals surface area contributed by atoms with Crippen LogP contribution in [0.1, 0.15) is 30.0 Å². The Hall–Kier alpha value is -3.97. The summed E-state index contributed by atoms with van der Waals surface area (Å²) >= 11 is 6.35. The second kappa shape index (κ2) is 9.11. The Kier molecular flexibility index (Phi) is 5.86. The third-order valence-corrected chi connectivity index (χ3v) is 6.14. The molecule has 1 N–H and O–H groups in total. The van der Waals surface area contributed by atoms with Gasteiger partial charge in [0, 0.05) is 16.3 Å². The van der Waals surface area contributed by atoms with Crippen LogP contribution in [0.25, 0.3) is 17.0 Å². The predicted octanol–water partition coefficient (Wildman–Crippen LogP) is 6.23. The van der Waals surface area contributed by atoms with E-state index in [-0.39, 0.29) is 24.3 Å². The zero-order chi connectivity index (χ0) is 23.7. The molecule has 1 aliphatic rings. The number of nitrogens with one attached hydrogen (secondary N) is 1. The lowest BCUT2D eigenvalue weighted by Crippen LogP contribution is -2.45. The fourth-order valence-corrected chi connectivity index (χ4v) is 4.18. The molecule has 1 aromatic heterocycles. The van der Waals surface area contributed by atoms with Crippen LogP contribution >= 0.6 is 11.6 Å². The molecule has 0 fully saturated rings. The summed E-state index contributed by atoms with van der Waals surface area (Å²) in [4.78, 5) is 19.4. The molecule has 4 aromatic rings. The number of nitrogens with zero attached hydrogens (tertiary/aromatic N) is 3. The van der Waals surface area contributed by atoms with Gasteiger partial charge >= 0.3 is 6.03 Å². The van der Waals surface area contributed by atoms with Gasteiger partial charge in [-0.25, -0.2) is 9.18 Å². The van der Waals surface area contributed by atoms with Crippen LogP contribution in [0.2, 0.25) is 5.02 Å². The van der Waals surface area contributed by atoms with Crippen molar-refractivity contribution in [3.63, 3.8) is 0 Å². The molecule has 2 amide bonds. The molecule has 1 atom stereocenters. The SMILES string of the molecule is CC1=C(c2nc(-c3ccccc3)no2)C(c2ccc(F)cc2)NC(=O)N1Cc1ccccc1Cl. The summed E-state index contributed by atoms with van der Waals surface area (Å²) in [6.45, 7) is 2.09. The lowest BCUT2D eigenvalue weighted by Gasteiger charge is -2.35. The van der Waals surface area contributed by atoms with Gasteiger partial charge in [-0.2, -0.15) is 4.98 Å². The standard InChI is InChI=1S/C26H20ClFN4O2/c1-16-22(25-30-24(31-34-25)18-7-3-2-4-8-18)23(17-11-13-20(28)14-12-17)29-26(33)32(16)15-19-9-5-6-10-21(19)27/h2-14,23H,15H2,1H3,(H,29,33). The van der Waals surface area contributed by atoms with Crippen molar-refractivity contribution in [1.29, 1.82) is 0 Å². The Balaban J connectivity index is 1.61. The topological polar surface area (TPSA) is 71.3 Å². The zero-order valence-electron chi connectivity index (χ0n) is 18.2. The molecule has 2 heterocycles. The molecule has 0 radical (unpaired) electrons. The fraction of sp³-hybridized carbons (Fsp3) is 0.115. The van der Waals surface area contributed by atoms with E-state index in [2.05, 4.69) is 15.5 Å². The van der Waals surface area contributed by atoms with Crippen molar-refractivity contribution in [3.05, 3.63) is 112 Å². The van der Waals surface area contributed by atoms with Crippen molar-refractivity contribution >= 4 is 23.2 Å². The molecule has 0 aliphatic carbocycles. The normalized spacial score (nSPS) is 16.0. The fourth-order valence-electron chi connectivity index (χ4n) is 3.99. The molecule has 3 aromatic carbocycles. The van der Waals surface area contributed by atoms with E-state index in [1.807, 2.05) is 55.5 Å². The molecule has 0 saturated heterocycles. The third kappa shape index (κ3) is 4.18. The third-order valence-electron chi connectivity index (χ3n) is 5.77. The maximum atomic E-state index is 13.6. The molecule has 34 heavy (non-hydrogen) atoms. The molecule has 8 heteroatoms. The molecular formula is C26H20ClFN4O2. The highest BCUT2D eigenvalue weighted by Gasteiger charge is 2.36. The van der Waals surface area contributed by atoms with Gasteiger partial charge in [-0.1, -0.05) is 77.4 Å². The van der Waals surface area contributed by atoms with Crippen LogP contribution in [-0.4, -0.2) is 21.1 Å². The smallest absolute Gasteiger partial charge is 0.322 e. The number of aromatic nitrogens is 2. The molecule has 0 saturated carbocycles. The monoisotopic (exact) mass is 474 g/mol. The first-order chi connectivity index (χ1) is 16.5. The van der Waals surface area contributed by atoms with Gasteiger partial charge in [0.15, 0.2) is 0 Å². The number of halogens is 2. The van der Waals surface area contributed by atoms with E-state index < -0.39 is 6.04 Å². The molecule has 5 rings (SSSR count). The number of urea groups is 1. The number of amides is 2. The highest BCUT2D eigenvalue weighted by molar-refractivity contribution is 6.31. The highest BCUT2D eigenvalue weighted by atomic mass is 35.5. The summed E-state index contributed by atoms with van der Waals surface area (Å²) in [5.74, 6) is 0.343. The summed E-state index contributed by atoms with van der Waals surface area (Å²) in [5, 5.41) is 7.72. The number of rotatable bonds is 5. The number of carbonyl (C=O) groups excluding carboxylic acids is 1. The van der Waals surface area contributed by atoms with Crippen molar-refractivity contribution < 1.29 is 13.7 Å². The van der Waals surface area contributed by atoms with Crippen LogP contribution in [0.4, 0.5) is 9.18 Å². The van der Waals surface area contributed by atoms with Gasteiger partial charge in [-0.05, 0) is 36.2 Å². The first-order valence-electron chi connectivity index (χ1n) is 10.7. The Morgan fingerprint density at radius 1 is 1.03 bits per heavy atom. The van der Waals surface area contributed by atoms with Crippen LogP contribution < -0.4 is 5.32 Å². The first kappa shape index (κ1) is 21.9. The summed E-state index contributed by atoms with van der Waals surface area (Å²) in [7, 11) is 0. The van der Waals surface area contributed by atoms with Crippen LogP contribution in [0.3, 0.4) is 0 Å². The minimum Gasteiger partial charge on any atom is -0.334 e. The van der Waals surface area contributed by atoms with E-state index in [0.717, 1.165) is 11.1 Å². The Labute approximate surface area is 200 Å². The molecule has 0 bridgehead atoms. The molecule has 0 spiro atoms. The average molecular weight is 475 g/mol. The van der Waals surface area contributed by atoms with Crippen molar-refractivity contribution in [2.45, 2.75) is 19.5 Å². The summed E-state index contributed by atoms with van der Waals surface area (Å²) in [5.41, 5.74) is 3.57. The molecular weight excluding hydrogens is 455 g/mol. The van der Waals surface area contributed by atoms with Gasteiger partial charge < -0.3 is 9.84 Å². The zero-order valence-corrected chi connectivity index (χ0v) is 19.0. The van der Waals surface area contributed by atoms with Gasteiger partial charge in [0.2, 0.25) is 5.82 Å². The van der Waals surface area contributed by atoms with Crippen LogP contribution in [-0.2, 0) is 6.54 Å². The number of hydrogen-bond acceptors (Lipinski definition) is 4. The largest absolute Gasteiger partial charge is 0.334 e. The molecule has 1 unspecified atom stereocenters. The maximum Gasteiger partial charge on any atom is 0.322 e. The number of benzene rings is 3.